The van der Waals surface area contributed by atoms with Gasteiger partial charge in [-0.05, 0) is 26.2 Å². The lowest BCUT2D eigenvalue weighted by molar-refractivity contribution is 0.648. The fourth-order valence-corrected chi connectivity index (χ4v) is 0.700. The molecule has 0 radical (unpaired) electrons. The van der Waals surface area contributed by atoms with E-state index in [2.05, 4.69) is 31.3 Å². The minimum absolute atomic E-state index is 0.545. The van der Waals surface area contributed by atoms with Crippen LogP contribution in [0, 0.1) is 5.92 Å². The molecule has 0 aromatic carbocycles. The molecule has 0 heterocycles. The highest BCUT2D eigenvalue weighted by molar-refractivity contribution is 5.77. The van der Waals surface area contributed by atoms with Crippen molar-refractivity contribution < 1.29 is 0 Å². The summed E-state index contributed by atoms with van der Waals surface area (Å²) in [6.45, 7) is 8.19. The highest BCUT2D eigenvalue weighted by atomic mass is 15.3. The molecule has 3 N–H and O–H groups in total. The van der Waals surface area contributed by atoms with E-state index in [1.807, 2.05) is 6.20 Å². The van der Waals surface area contributed by atoms with E-state index in [0.717, 1.165) is 6.42 Å². The highest BCUT2D eigenvalue weighted by Crippen LogP contribution is 2.11. The van der Waals surface area contributed by atoms with Gasteiger partial charge in [-0.2, -0.15) is 5.10 Å². The van der Waals surface area contributed by atoms with Crippen LogP contribution in [0.3, 0.4) is 0 Å². The van der Waals surface area contributed by atoms with Crippen LogP contribution in [-0.4, -0.2) is 5.84 Å². The Morgan fingerprint density at radius 1 is 1.58 bits per heavy atom. The SMILES string of the molecule is CCC(C)/C(C)=C/N/N=C(/C)N. The summed E-state index contributed by atoms with van der Waals surface area (Å²) in [5.41, 5.74) is 9.44. The molecule has 0 rings (SSSR count). The van der Waals surface area contributed by atoms with Gasteiger partial charge >= 0.3 is 0 Å². The van der Waals surface area contributed by atoms with Crippen molar-refractivity contribution in [2.24, 2.45) is 16.8 Å². The van der Waals surface area contributed by atoms with E-state index in [-0.39, 0.29) is 0 Å². The number of nitrogens with one attached hydrogen (secondary N) is 1. The molecule has 0 spiro atoms. The zero-order valence-corrected chi connectivity index (χ0v) is 8.39. The van der Waals surface area contributed by atoms with E-state index in [1.165, 1.54) is 5.57 Å². The molecule has 0 saturated carbocycles. The van der Waals surface area contributed by atoms with Gasteiger partial charge in [0.15, 0.2) is 0 Å². The molecule has 0 fully saturated rings. The van der Waals surface area contributed by atoms with Crippen molar-refractivity contribution in [3.05, 3.63) is 11.8 Å². The van der Waals surface area contributed by atoms with Gasteiger partial charge in [0.2, 0.25) is 0 Å². The van der Waals surface area contributed by atoms with Gasteiger partial charge in [-0.15, -0.1) is 0 Å². The molecule has 0 amide bonds. The van der Waals surface area contributed by atoms with Crippen LogP contribution >= 0.6 is 0 Å². The fraction of sp³-hybridized carbons (Fsp3) is 0.667. The maximum atomic E-state index is 5.35. The van der Waals surface area contributed by atoms with Crippen LogP contribution in [0.15, 0.2) is 16.9 Å². The summed E-state index contributed by atoms with van der Waals surface area (Å²) in [4.78, 5) is 0. The molecule has 0 aliphatic carbocycles. The summed E-state index contributed by atoms with van der Waals surface area (Å²) < 4.78 is 0. The normalized spacial score (nSPS) is 16.0. The number of hydrogen-bond donors (Lipinski definition) is 2. The maximum Gasteiger partial charge on any atom is 0.116 e. The zero-order valence-electron chi connectivity index (χ0n) is 8.39. The average Bonchev–Trinajstić information content (AvgIpc) is 2.02. The Morgan fingerprint density at radius 3 is 2.58 bits per heavy atom. The summed E-state index contributed by atoms with van der Waals surface area (Å²) >= 11 is 0. The van der Waals surface area contributed by atoms with Crippen molar-refractivity contribution in [1.29, 1.82) is 0 Å². The molecule has 3 heteroatoms. The first-order valence-corrected chi connectivity index (χ1v) is 4.29. The second-order valence-corrected chi connectivity index (χ2v) is 3.08. The minimum Gasteiger partial charge on any atom is -0.386 e. The quantitative estimate of drug-likeness (QED) is 0.383. The van der Waals surface area contributed by atoms with Crippen LogP contribution in [0.5, 0.6) is 0 Å². The highest BCUT2D eigenvalue weighted by Gasteiger charge is 1.98. The molecular weight excluding hydrogens is 150 g/mol. The standard InChI is InChI=1S/C9H19N3/c1-5-7(2)8(3)6-11-12-9(4)10/h6-7,11H,5H2,1-4H3,(H2,10,12)/b8-6+. The van der Waals surface area contributed by atoms with E-state index >= 15 is 0 Å². The molecule has 70 valence electrons. The van der Waals surface area contributed by atoms with Gasteiger partial charge in [0.1, 0.15) is 5.84 Å². The van der Waals surface area contributed by atoms with Gasteiger partial charge in [-0.3, -0.25) is 5.43 Å². The molecule has 12 heavy (non-hydrogen) atoms. The molecular formula is C9H19N3. The van der Waals surface area contributed by atoms with Gasteiger partial charge < -0.3 is 5.73 Å². The van der Waals surface area contributed by atoms with Gasteiger partial charge in [0, 0.05) is 6.20 Å². The van der Waals surface area contributed by atoms with Crippen LogP contribution < -0.4 is 11.2 Å². The van der Waals surface area contributed by atoms with Crippen molar-refractivity contribution in [1.82, 2.24) is 5.43 Å². The second-order valence-electron chi connectivity index (χ2n) is 3.08. The third-order valence-corrected chi connectivity index (χ3v) is 1.92. The lowest BCUT2D eigenvalue weighted by Gasteiger charge is -2.07. The molecule has 0 aliphatic heterocycles. The molecule has 1 unspecified atom stereocenters. The number of allylic oxidation sites excluding steroid dienone is 1. The van der Waals surface area contributed by atoms with Crippen molar-refractivity contribution in [3.63, 3.8) is 0 Å². The van der Waals surface area contributed by atoms with Crippen molar-refractivity contribution in [3.8, 4) is 0 Å². The smallest absolute Gasteiger partial charge is 0.116 e. The maximum absolute atomic E-state index is 5.35. The predicted octanol–water partition coefficient (Wildman–Crippen LogP) is 1.82. The first-order valence-electron chi connectivity index (χ1n) is 4.29. The fourth-order valence-electron chi connectivity index (χ4n) is 0.700. The Kier molecular flexibility index (Phi) is 5.17. The molecule has 1 atom stereocenters. The van der Waals surface area contributed by atoms with Gasteiger partial charge in [0.05, 0.1) is 0 Å². The molecule has 0 aliphatic rings. The van der Waals surface area contributed by atoms with E-state index in [1.54, 1.807) is 6.92 Å². The Labute approximate surface area is 74.7 Å². The molecule has 0 bridgehead atoms. The monoisotopic (exact) mass is 169 g/mol. The third kappa shape index (κ3) is 4.77. The largest absolute Gasteiger partial charge is 0.386 e. The second kappa shape index (κ2) is 5.63. The average molecular weight is 169 g/mol. The summed E-state index contributed by atoms with van der Waals surface area (Å²) in [7, 11) is 0. The van der Waals surface area contributed by atoms with Crippen LogP contribution in [0.4, 0.5) is 0 Å². The topological polar surface area (TPSA) is 50.4 Å². The van der Waals surface area contributed by atoms with E-state index in [0.29, 0.717) is 11.8 Å². The zero-order chi connectivity index (χ0) is 9.56. The molecule has 0 aromatic rings. The van der Waals surface area contributed by atoms with Crippen molar-refractivity contribution >= 4 is 5.84 Å². The number of hydrogen-bond acceptors (Lipinski definition) is 2. The van der Waals surface area contributed by atoms with Gasteiger partial charge in [-0.25, -0.2) is 0 Å². The third-order valence-electron chi connectivity index (χ3n) is 1.92. The number of amidine groups is 1. The predicted molar refractivity (Wildman–Crippen MR) is 53.6 cm³/mol. The summed E-state index contributed by atoms with van der Waals surface area (Å²) in [5, 5.41) is 3.85. The number of nitrogens with two attached hydrogens (primary N) is 1. The van der Waals surface area contributed by atoms with Gasteiger partial charge in [-0.1, -0.05) is 19.4 Å². The first kappa shape index (κ1) is 11.0. The number of rotatable bonds is 4. The Balaban J connectivity index is 3.92. The number of hydrazone groups is 1. The molecule has 0 aromatic heterocycles. The van der Waals surface area contributed by atoms with Crippen LogP contribution in [0.2, 0.25) is 0 Å². The van der Waals surface area contributed by atoms with Gasteiger partial charge in [0.25, 0.3) is 0 Å². The van der Waals surface area contributed by atoms with E-state index in [9.17, 15) is 0 Å². The van der Waals surface area contributed by atoms with Crippen LogP contribution in [0.25, 0.3) is 0 Å². The lowest BCUT2D eigenvalue weighted by Crippen LogP contribution is -2.11. The Morgan fingerprint density at radius 2 is 2.17 bits per heavy atom. The Hall–Kier alpha value is -0.990. The summed E-state index contributed by atoms with van der Waals surface area (Å²) in [5.74, 6) is 1.15. The lowest BCUT2D eigenvalue weighted by atomic mass is 10.0. The number of nitrogens with zero attached hydrogens (tertiary/aromatic N) is 1. The van der Waals surface area contributed by atoms with E-state index < -0.39 is 0 Å². The van der Waals surface area contributed by atoms with E-state index in [4.69, 9.17) is 5.73 Å². The minimum atomic E-state index is 0.545. The van der Waals surface area contributed by atoms with Crippen molar-refractivity contribution in [2.75, 3.05) is 0 Å². The summed E-state index contributed by atoms with van der Waals surface area (Å²) in [6.07, 6.45) is 3.04. The molecule has 0 saturated heterocycles. The Bertz CT molecular complexity index is 178. The van der Waals surface area contributed by atoms with Crippen LogP contribution in [0.1, 0.15) is 34.1 Å². The van der Waals surface area contributed by atoms with Crippen molar-refractivity contribution in [2.45, 2.75) is 34.1 Å². The first-order chi connectivity index (χ1) is 5.57. The van der Waals surface area contributed by atoms with Crippen LogP contribution in [-0.2, 0) is 0 Å². The summed E-state index contributed by atoms with van der Waals surface area (Å²) in [6, 6.07) is 0. The molecule has 3 nitrogen and oxygen atoms in total.